The molecule has 7 heteroatoms. The average molecular weight is 433 g/mol. The molecule has 1 saturated heterocycles. The number of ether oxygens (including phenoxy) is 2. The lowest BCUT2D eigenvalue weighted by molar-refractivity contribution is 0.0342. The molecule has 0 saturated carbocycles. The molecule has 0 unspecified atom stereocenters. The highest BCUT2D eigenvalue weighted by molar-refractivity contribution is 5.95. The number of rotatable bonds is 7. The van der Waals surface area contributed by atoms with E-state index in [1.165, 1.54) is 11.8 Å². The number of aromatic nitrogens is 2. The van der Waals surface area contributed by atoms with Crippen molar-refractivity contribution in [3.63, 3.8) is 0 Å². The minimum Gasteiger partial charge on any atom is -0.462 e. The molecule has 166 valence electrons. The highest BCUT2D eigenvalue weighted by Crippen LogP contribution is 2.24. The predicted octanol–water partition coefficient (Wildman–Crippen LogP) is 4.20. The van der Waals surface area contributed by atoms with Gasteiger partial charge in [0, 0.05) is 37.1 Å². The number of aryl methyl sites for hydroxylation is 1. The van der Waals surface area contributed by atoms with Crippen LogP contribution >= 0.6 is 0 Å². The summed E-state index contributed by atoms with van der Waals surface area (Å²) in [6.07, 6.45) is 1.53. The second-order valence-corrected chi connectivity index (χ2v) is 7.76. The molecular weight excluding hydrogens is 404 g/mol. The van der Waals surface area contributed by atoms with E-state index in [9.17, 15) is 4.79 Å². The van der Waals surface area contributed by atoms with Crippen LogP contribution in [-0.2, 0) is 16.0 Å². The highest BCUT2D eigenvalue weighted by atomic mass is 16.5. The molecule has 0 amide bonds. The number of esters is 1. The van der Waals surface area contributed by atoms with Crippen LogP contribution in [0.5, 0.6) is 0 Å². The topological polar surface area (TPSA) is 76.6 Å². The summed E-state index contributed by atoms with van der Waals surface area (Å²) in [6.45, 7) is 8.45. The van der Waals surface area contributed by atoms with Crippen molar-refractivity contribution in [1.82, 2.24) is 14.9 Å². The molecule has 3 aromatic rings. The van der Waals surface area contributed by atoms with Crippen LogP contribution in [0.25, 0.3) is 11.4 Å². The number of hydrogen-bond acceptors (Lipinski definition) is 7. The third-order valence-electron chi connectivity index (χ3n) is 5.29. The maximum atomic E-state index is 12.5. The minimum atomic E-state index is -0.449. The Morgan fingerprint density at radius 1 is 1.16 bits per heavy atom. The fourth-order valence-corrected chi connectivity index (χ4v) is 3.61. The van der Waals surface area contributed by atoms with Gasteiger partial charge in [0.2, 0.25) is 0 Å². The fourth-order valence-electron chi connectivity index (χ4n) is 3.61. The zero-order valence-electron chi connectivity index (χ0n) is 18.5. The lowest BCUT2D eigenvalue weighted by Crippen LogP contribution is -2.35. The molecule has 1 N–H and O–H groups in total. The minimum absolute atomic E-state index is 0.286. The summed E-state index contributed by atoms with van der Waals surface area (Å²) < 4.78 is 10.6. The van der Waals surface area contributed by atoms with Crippen LogP contribution < -0.4 is 5.32 Å². The van der Waals surface area contributed by atoms with Gasteiger partial charge in [-0.15, -0.1) is 0 Å². The number of morpholine rings is 1. The fraction of sp³-hybridized carbons (Fsp3) is 0.320. The van der Waals surface area contributed by atoms with Gasteiger partial charge in [0.05, 0.1) is 19.8 Å². The molecule has 0 spiro atoms. The van der Waals surface area contributed by atoms with E-state index in [2.05, 4.69) is 32.3 Å². The zero-order chi connectivity index (χ0) is 22.3. The first kappa shape index (κ1) is 21.9. The molecule has 0 atom stereocenters. The highest BCUT2D eigenvalue weighted by Gasteiger charge is 2.17. The molecule has 4 rings (SSSR count). The zero-order valence-corrected chi connectivity index (χ0v) is 18.5. The number of hydrogen-bond donors (Lipinski definition) is 1. The van der Waals surface area contributed by atoms with Crippen molar-refractivity contribution >= 4 is 17.5 Å². The van der Waals surface area contributed by atoms with Gasteiger partial charge in [0.25, 0.3) is 0 Å². The van der Waals surface area contributed by atoms with Gasteiger partial charge in [0.15, 0.2) is 5.82 Å². The van der Waals surface area contributed by atoms with E-state index in [-0.39, 0.29) is 6.61 Å². The third kappa shape index (κ3) is 5.49. The Balaban J connectivity index is 1.57. The van der Waals surface area contributed by atoms with Crippen LogP contribution in [0.15, 0.2) is 54.7 Å². The molecule has 1 aliphatic rings. The van der Waals surface area contributed by atoms with Crippen molar-refractivity contribution in [2.75, 3.05) is 38.2 Å². The van der Waals surface area contributed by atoms with E-state index in [1.54, 1.807) is 6.92 Å². The van der Waals surface area contributed by atoms with Gasteiger partial charge in [-0.3, -0.25) is 4.90 Å². The maximum Gasteiger partial charge on any atom is 0.343 e. The summed E-state index contributed by atoms with van der Waals surface area (Å²) in [5, 5.41) is 3.28. The van der Waals surface area contributed by atoms with Crippen molar-refractivity contribution in [3.05, 3.63) is 71.4 Å². The van der Waals surface area contributed by atoms with Crippen LogP contribution in [0.1, 0.15) is 28.4 Å². The van der Waals surface area contributed by atoms with Crippen LogP contribution in [0.4, 0.5) is 11.5 Å². The molecule has 0 bridgehead atoms. The Kier molecular flexibility index (Phi) is 7.09. The van der Waals surface area contributed by atoms with Crippen molar-refractivity contribution in [2.45, 2.75) is 20.4 Å². The first-order valence-corrected chi connectivity index (χ1v) is 10.9. The lowest BCUT2D eigenvalue weighted by atomic mass is 10.1. The van der Waals surface area contributed by atoms with Gasteiger partial charge < -0.3 is 14.8 Å². The number of anilines is 2. The summed E-state index contributed by atoms with van der Waals surface area (Å²) in [5.41, 5.74) is 4.39. The normalized spacial score (nSPS) is 14.2. The van der Waals surface area contributed by atoms with Gasteiger partial charge in [-0.1, -0.05) is 35.9 Å². The number of carbonyl (C=O) groups excluding carboxylic acids is 1. The largest absolute Gasteiger partial charge is 0.462 e. The van der Waals surface area contributed by atoms with E-state index in [0.717, 1.165) is 49.7 Å². The molecule has 7 nitrogen and oxygen atoms in total. The van der Waals surface area contributed by atoms with Gasteiger partial charge >= 0.3 is 5.97 Å². The maximum absolute atomic E-state index is 12.5. The van der Waals surface area contributed by atoms with Crippen molar-refractivity contribution in [3.8, 4) is 11.4 Å². The van der Waals surface area contributed by atoms with Gasteiger partial charge in [-0.2, -0.15) is 0 Å². The monoisotopic (exact) mass is 432 g/mol. The van der Waals surface area contributed by atoms with Crippen molar-refractivity contribution in [1.29, 1.82) is 0 Å². The summed E-state index contributed by atoms with van der Waals surface area (Å²) in [7, 11) is 0. The summed E-state index contributed by atoms with van der Waals surface area (Å²) in [4.78, 5) is 23.9. The predicted molar refractivity (Wildman–Crippen MR) is 124 cm³/mol. The van der Waals surface area contributed by atoms with Crippen molar-refractivity contribution < 1.29 is 14.3 Å². The SMILES string of the molecule is CCOC(=O)c1cnc(-c2cccc(C)c2)nc1Nc1ccc(CN2CCOCC2)cc1. The second kappa shape index (κ2) is 10.3. The van der Waals surface area contributed by atoms with Gasteiger partial charge in [0.1, 0.15) is 11.4 Å². The van der Waals surface area contributed by atoms with E-state index < -0.39 is 5.97 Å². The molecule has 2 aromatic carbocycles. The van der Waals surface area contributed by atoms with Crippen LogP contribution in [0.3, 0.4) is 0 Å². The molecule has 2 heterocycles. The van der Waals surface area contributed by atoms with E-state index in [4.69, 9.17) is 9.47 Å². The smallest absolute Gasteiger partial charge is 0.343 e. The Morgan fingerprint density at radius 2 is 1.94 bits per heavy atom. The van der Waals surface area contributed by atoms with Gasteiger partial charge in [-0.05, 0) is 37.6 Å². The van der Waals surface area contributed by atoms with Crippen LogP contribution in [0, 0.1) is 6.92 Å². The van der Waals surface area contributed by atoms with Crippen LogP contribution in [-0.4, -0.2) is 53.7 Å². The Labute approximate surface area is 188 Å². The Bertz CT molecular complexity index is 1060. The summed E-state index contributed by atoms with van der Waals surface area (Å²) in [5.74, 6) is 0.527. The third-order valence-corrected chi connectivity index (χ3v) is 5.29. The average Bonchev–Trinajstić information content (AvgIpc) is 2.81. The second-order valence-electron chi connectivity index (χ2n) is 7.76. The lowest BCUT2D eigenvalue weighted by Gasteiger charge is -2.26. The van der Waals surface area contributed by atoms with E-state index >= 15 is 0 Å². The summed E-state index contributed by atoms with van der Waals surface area (Å²) in [6, 6.07) is 16.1. The molecule has 0 radical (unpaired) electrons. The van der Waals surface area contributed by atoms with E-state index in [1.807, 2.05) is 43.3 Å². The first-order chi connectivity index (χ1) is 15.6. The Hall–Kier alpha value is -3.29. The molecule has 1 fully saturated rings. The van der Waals surface area contributed by atoms with Crippen LogP contribution in [0.2, 0.25) is 0 Å². The number of nitrogens with zero attached hydrogens (tertiary/aromatic N) is 3. The number of benzene rings is 2. The Morgan fingerprint density at radius 3 is 2.66 bits per heavy atom. The number of carbonyl (C=O) groups is 1. The standard InChI is InChI=1S/C25H28N4O3/c1-3-32-25(30)22-16-26-23(20-6-4-5-18(2)15-20)28-24(22)27-21-9-7-19(8-10-21)17-29-11-13-31-14-12-29/h4-10,15-16H,3,11-14,17H2,1-2H3,(H,26,27,28). The van der Waals surface area contributed by atoms with Gasteiger partial charge in [-0.25, -0.2) is 14.8 Å². The molecule has 1 aliphatic heterocycles. The number of nitrogens with one attached hydrogen (secondary N) is 1. The molecule has 0 aliphatic carbocycles. The summed E-state index contributed by atoms with van der Waals surface area (Å²) >= 11 is 0. The first-order valence-electron chi connectivity index (χ1n) is 10.9. The quantitative estimate of drug-likeness (QED) is 0.561. The van der Waals surface area contributed by atoms with Crippen molar-refractivity contribution in [2.24, 2.45) is 0 Å². The molecule has 1 aromatic heterocycles. The van der Waals surface area contributed by atoms with E-state index in [0.29, 0.717) is 17.2 Å². The molecular formula is C25H28N4O3. The molecule has 32 heavy (non-hydrogen) atoms.